The highest BCUT2D eigenvalue weighted by molar-refractivity contribution is 9.10. The molecule has 0 heterocycles. The number of hydrogen-bond acceptors (Lipinski definition) is 4. The lowest BCUT2D eigenvalue weighted by molar-refractivity contribution is -0.149. The number of carbonyl (C=O) groups is 1. The number of carboxylic acid groups (broad SMARTS) is 1. The van der Waals surface area contributed by atoms with Crippen LogP contribution in [0.4, 0.5) is 0 Å². The van der Waals surface area contributed by atoms with Gasteiger partial charge in [0.1, 0.15) is 6.61 Å². The molecule has 1 unspecified atom stereocenters. The molecular formula is C20H22BrNO4. The molecule has 0 aromatic heterocycles. The molecule has 0 amide bonds. The Bertz CT molecular complexity index is 759. The first-order valence-electron chi connectivity index (χ1n) is 8.34. The second-order valence-electron chi connectivity index (χ2n) is 5.76. The standard InChI is InChI=1S/C20H22BrNO4/c1-3-25-19(20(23)24)12-16-5-4-6-17(11-16)14(2)22-26-13-15-7-9-18(21)10-8-15/h4-11,19H,3,12-13H2,1-2H3,(H,23,24). The Labute approximate surface area is 161 Å². The number of oxime groups is 1. The van der Waals surface area contributed by atoms with Gasteiger partial charge in [0.15, 0.2) is 6.10 Å². The quantitative estimate of drug-likeness (QED) is 0.482. The minimum Gasteiger partial charge on any atom is -0.479 e. The third-order valence-corrected chi connectivity index (χ3v) is 4.28. The Balaban J connectivity index is 2.00. The molecule has 0 saturated heterocycles. The maximum atomic E-state index is 11.2. The van der Waals surface area contributed by atoms with E-state index in [0.29, 0.717) is 19.6 Å². The highest BCUT2D eigenvalue weighted by atomic mass is 79.9. The monoisotopic (exact) mass is 419 g/mol. The van der Waals surface area contributed by atoms with Gasteiger partial charge in [0.25, 0.3) is 0 Å². The Morgan fingerprint density at radius 1 is 1.19 bits per heavy atom. The highest BCUT2D eigenvalue weighted by Gasteiger charge is 2.18. The molecule has 0 bridgehead atoms. The molecule has 0 radical (unpaired) electrons. The maximum Gasteiger partial charge on any atom is 0.333 e. The van der Waals surface area contributed by atoms with Crippen molar-refractivity contribution in [1.82, 2.24) is 0 Å². The van der Waals surface area contributed by atoms with Crippen molar-refractivity contribution in [2.75, 3.05) is 6.61 Å². The van der Waals surface area contributed by atoms with E-state index >= 15 is 0 Å². The van der Waals surface area contributed by atoms with Crippen molar-refractivity contribution in [3.63, 3.8) is 0 Å². The first kappa shape index (κ1) is 20.1. The summed E-state index contributed by atoms with van der Waals surface area (Å²) in [5.74, 6) is -0.958. The van der Waals surface area contributed by atoms with Gasteiger partial charge in [-0.25, -0.2) is 4.79 Å². The summed E-state index contributed by atoms with van der Waals surface area (Å²) in [5.41, 5.74) is 3.52. The van der Waals surface area contributed by atoms with Crippen molar-refractivity contribution in [2.45, 2.75) is 33.0 Å². The average molecular weight is 420 g/mol. The second-order valence-corrected chi connectivity index (χ2v) is 6.68. The summed E-state index contributed by atoms with van der Waals surface area (Å²) in [7, 11) is 0. The van der Waals surface area contributed by atoms with Crippen LogP contribution < -0.4 is 0 Å². The zero-order valence-corrected chi connectivity index (χ0v) is 16.4. The van der Waals surface area contributed by atoms with E-state index in [2.05, 4.69) is 21.1 Å². The predicted octanol–water partition coefficient (Wildman–Crippen LogP) is 4.42. The van der Waals surface area contributed by atoms with Crippen LogP contribution in [0.5, 0.6) is 0 Å². The number of aliphatic carboxylic acids is 1. The fraction of sp³-hybridized carbons (Fsp3) is 0.300. The van der Waals surface area contributed by atoms with Crippen LogP contribution >= 0.6 is 15.9 Å². The fourth-order valence-corrected chi connectivity index (χ4v) is 2.66. The minimum atomic E-state index is -0.958. The molecule has 0 saturated carbocycles. The smallest absolute Gasteiger partial charge is 0.333 e. The van der Waals surface area contributed by atoms with Crippen molar-refractivity contribution in [2.24, 2.45) is 5.16 Å². The van der Waals surface area contributed by atoms with Crippen LogP contribution in [-0.4, -0.2) is 29.5 Å². The van der Waals surface area contributed by atoms with Crippen molar-refractivity contribution < 1.29 is 19.5 Å². The van der Waals surface area contributed by atoms with Gasteiger partial charge in [-0.1, -0.05) is 51.4 Å². The minimum absolute atomic E-state index is 0.310. The van der Waals surface area contributed by atoms with E-state index in [4.69, 9.17) is 9.57 Å². The zero-order valence-electron chi connectivity index (χ0n) is 14.8. The molecular weight excluding hydrogens is 398 g/mol. The normalized spacial score (nSPS) is 12.7. The fourth-order valence-electron chi connectivity index (χ4n) is 2.39. The molecule has 138 valence electrons. The van der Waals surface area contributed by atoms with Crippen LogP contribution in [0.25, 0.3) is 0 Å². The van der Waals surface area contributed by atoms with Crippen molar-refractivity contribution >= 4 is 27.6 Å². The Hall–Kier alpha value is -2.18. The average Bonchev–Trinajstić information content (AvgIpc) is 2.63. The SMILES string of the molecule is CCOC(Cc1cccc(C(C)=NOCc2ccc(Br)cc2)c1)C(=O)O. The van der Waals surface area contributed by atoms with E-state index in [9.17, 15) is 9.90 Å². The zero-order chi connectivity index (χ0) is 18.9. The van der Waals surface area contributed by atoms with Gasteiger partial charge in [-0.05, 0) is 48.7 Å². The van der Waals surface area contributed by atoms with E-state index in [1.807, 2.05) is 55.5 Å². The first-order chi connectivity index (χ1) is 12.5. The number of ether oxygens (including phenoxy) is 1. The lowest BCUT2D eigenvalue weighted by Gasteiger charge is -2.13. The molecule has 2 aromatic rings. The van der Waals surface area contributed by atoms with Gasteiger partial charge in [-0.15, -0.1) is 0 Å². The summed E-state index contributed by atoms with van der Waals surface area (Å²) < 4.78 is 6.29. The van der Waals surface area contributed by atoms with Gasteiger partial charge in [0.05, 0.1) is 5.71 Å². The Morgan fingerprint density at radius 3 is 2.58 bits per heavy atom. The van der Waals surface area contributed by atoms with E-state index in [-0.39, 0.29) is 0 Å². The second kappa shape index (κ2) is 10.1. The molecule has 0 aliphatic rings. The lowest BCUT2D eigenvalue weighted by atomic mass is 10.0. The summed E-state index contributed by atoms with van der Waals surface area (Å²) in [4.78, 5) is 16.7. The maximum absolute atomic E-state index is 11.2. The van der Waals surface area contributed by atoms with Crippen LogP contribution in [0.3, 0.4) is 0 Å². The van der Waals surface area contributed by atoms with Crippen LogP contribution in [0.15, 0.2) is 58.2 Å². The lowest BCUT2D eigenvalue weighted by Crippen LogP contribution is -2.26. The van der Waals surface area contributed by atoms with Gasteiger partial charge in [-0.3, -0.25) is 0 Å². The third kappa shape index (κ3) is 6.28. The Morgan fingerprint density at radius 2 is 1.92 bits per heavy atom. The Kier molecular flexibility index (Phi) is 7.81. The summed E-state index contributed by atoms with van der Waals surface area (Å²) in [6.45, 7) is 4.39. The molecule has 0 aliphatic carbocycles. The summed E-state index contributed by atoms with van der Waals surface area (Å²) in [6, 6.07) is 15.4. The largest absolute Gasteiger partial charge is 0.479 e. The molecule has 26 heavy (non-hydrogen) atoms. The molecule has 0 aliphatic heterocycles. The first-order valence-corrected chi connectivity index (χ1v) is 9.13. The van der Waals surface area contributed by atoms with Gasteiger partial charge in [0, 0.05) is 17.5 Å². The predicted molar refractivity (Wildman–Crippen MR) is 104 cm³/mol. The van der Waals surface area contributed by atoms with Gasteiger partial charge >= 0.3 is 5.97 Å². The molecule has 5 nitrogen and oxygen atoms in total. The van der Waals surface area contributed by atoms with Crippen LogP contribution in [0, 0.1) is 0 Å². The molecule has 2 aromatic carbocycles. The van der Waals surface area contributed by atoms with Crippen molar-refractivity contribution in [1.29, 1.82) is 0 Å². The van der Waals surface area contributed by atoms with E-state index in [1.54, 1.807) is 6.92 Å². The number of halogens is 1. The van der Waals surface area contributed by atoms with Crippen molar-refractivity contribution in [3.8, 4) is 0 Å². The summed E-state index contributed by atoms with van der Waals surface area (Å²) in [5, 5.41) is 13.4. The van der Waals surface area contributed by atoms with Gasteiger partial charge in [0.2, 0.25) is 0 Å². The highest BCUT2D eigenvalue weighted by Crippen LogP contribution is 2.13. The number of benzene rings is 2. The molecule has 1 N–H and O–H groups in total. The molecule has 0 spiro atoms. The van der Waals surface area contributed by atoms with E-state index in [0.717, 1.165) is 26.9 Å². The molecule has 0 fully saturated rings. The van der Waals surface area contributed by atoms with Gasteiger partial charge < -0.3 is 14.7 Å². The summed E-state index contributed by atoms with van der Waals surface area (Å²) in [6.07, 6.45) is -0.537. The molecule has 1 atom stereocenters. The van der Waals surface area contributed by atoms with Crippen LogP contribution in [-0.2, 0) is 27.4 Å². The molecule has 2 rings (SSSR count). The van der Waals surface area contributed by atoms with E-state index < -0.39 is 12.1 Å². The van der Waals surface area contributed by atoms with Crippen LogP contribution in [0.1, 0.15) is 30.5 Å². The van der Waals surface area contributed by atoms with Crippen LogP contribution in [0.2, 0.25) is 0 Å². The topological polar surface area (TPSA) is 68.1 Å². The molecule has 6 heteroatoms. The van der Waals surface area contributed by atoms with Crippen molar-refractivity contribution in [3.05, 3.63) is 69.7 Å². The van der Waals surface area contributed by atoms with E-state index in [1.165, 1.54) is 0 Å². The number of nitrogens with zero attached hydrogens (tertiary/aromatic N) is 1. The third-order valence-electron chi connectivity index (χ3n) is 3.76. The number of hydrogen-bond donors (Lipinski definition) is 1. The summed E-state index contributed by atoms with van der Waals surface area (Å²) >= 11 is 3.40. The number of carboxylic acids is 1. The van der Waals surface area contributed by atoms with Gasteiger partial charge in [-0.2, -0.15) is 0 Å². The number of rotatable bonds is 9.